The van der Waals surface area contributed by atoms with E-state index in [4.69, 9.17) is 4.74 Å². The largest absolute Gasteiger partial charge is 0.492 e. The number of amides is 2. The molecule has 3 aromatic rings. The Balaban J connectivity index is 1.85. The van der Waals surface area contributed by atoms with E-state index in [2.05, 4.69) is 21.2 Å². The van der Waals surface area contributed by atoms with Gasteiger partial charge in [-0.25, -0.2) is 8.42 Å². The van der Waals surface area contributed by atoms with E-state index in [1.165, 1.54) is 4.31 Å². The number of nitrogens with one attached hydrogen (secondary N) is 1. The summed E-state index contributed by atoms with van der Waals surface area (Å²) in [6, 6.07) is 23.4. The molecule has 0 aliphatic rings. The molecule has 0 aliphatic heterocycles. The van der Waals surface area contributed by atoms with Crippen LogP contribution in [0, 0.1) is 0 Å². The van der Waals surface area contributed by atoms with E-state index >= 15 is 0 Å². The second-order valence-electron chi connectivity index (χ2n) is 9.31. The minimum absolute atomic E-state index is 0.0572. The van der Waals surface area contributed by atoms with Crippen LogP contribution in [-0.2, 0) is 32.6 Å². The van der Waals surface area contributed by atoms with E-state index < -0.39 is 16.1 Å². The summed E-state index contributed by atoms with van der Waals surface area (Å²) >= 11 is 3.44. The maximum absolute atomic E-state index is 13.7. The molecule has 0 heterocycles. The molecule has 3 aromatic carbocycles. The molecule has 10 heteroatoms. The fraction of sp³-hybridized carbons (Fsp3) is 0.333. The average Bonchev–Trinajstić information content (AvgIpc) is 2.94. The van der Waals surface area contributed by atoms with Crippen molar-refractivity contribution in [3.05, 3.63) is 94.5 Å². The minimum Gasteiger partial charge on any atom is -0.492 e. The molecule has 40 heavy (non-hydrogen) atoms. The van der Waals surface area contributed by atoms with Crippen molar-refractivity contribution in [3.8, 4) is 5.75 Å². The Morgan fingerprint density at radius 3 is 2.23 bits per heavy atom. The van der Waals surface area contributed by atoms with E-state index in [0.717, 1.165) is 21.9 Å². The van der Waals surface area contributed by atoms with Crippen LogP contribution in [0.5, 0.6) is 5.75 Å². The highest BCUT2D eigenvalue weighted by Gasteiger charge is 2.30. The number of likely N-dealkylation sites (N-methyl/N-ethyl adjacent to an activating group) is 1. The first-order valence-electron chi connectivity index (χ1n) is 13.1. The molecule has 0 saturated heterocycles. The summed E-state index contributed by atoms with van der Waals surface area (Å²) in [6.07, 6.45) is 1.80. The Morgan fingerprint density at radius 1 is 0.950 bits per heavy atom. The summed E-state index contributed by atoms with van der Waals surface area (Å²) in [5.74, 6) is -0.0436. The number of para-hydroxylation sites is 2. The van der Waals surface area contributed by atoms with Crippen LogP contribution in [0.1, 0.15) is 30.9 Å². The van der Waals surface area contributed by atoms with Crippen LogP contribution in [0.3, 0.4) is 0 Å². The number of carbonyl (C=O) groups excluding carboxylic acids is 2. The highest BCUT2D eigenvalue weighted by Crippen LogP contribution is 2.30. The summed E-state index contributed by atoms with van der Waals surface area (Å²) in [6.45, 7) is 2.54. The van der Waals surface area contributed by atoms with Crippen LogP contribution in [0.15, 0.2) is 83.3 Å². The fourth-order valence-corrected chi connectivity index (χ4v) is 5.66. The molecule has 2 amide bonds. The van der Waals surface area contributed by atoms with Gasteiger partial charge in [0.15, 0.2) is 0 Å². The number of benzene rings is 3. The van der Waals surface area contributed by atoms with Crippen molar-refractivity contribution in [1.82, 2.24) is 10.2 Å². The Bertz CT molecular complexity index is 1370. The summed E-state index contributed by atoms with van der Waals surface area (Å²) in [7, 11) is -2.09. The van der Waals surface area contributed by atoms with Gasteiger partial charge in [-0.15, -0.1) is 0 Å². The Hall–Kier alpha value is -3.37. The van der Waals surface area contributed by atoms with Crippen LogP contribution in [-0.4, -0.2) is 57.6 Å². The molecule has 0 aromatic heterocycles. The molecule has 1 unspecified atom stereocenters. The summed E-state index contributed by atoms with van der Waals surface area (Å²) in [5.41, 5.74) is 2.24. The van der Waals surface area contributed by atoms with Crippen LogP contribution in [0.2, 0.25) is 0 Å². The third-order valence-electron chi connectivity index (χ3n) is 6.37. The molecule has 3 rings (SSSR count). The monoisotopic (exact) mass is 629 g/mol. The van der Waals surface area contributed by atoms with Crippen molar-refractivity contribution >= 4 is 43.5 Å². The minimum atomic E-state index is -3.64. The van der Waals surface area contributed by atoms with Crippen LogP contribution < -0.4 is 14.4 Å². The number of ether oxygens (including phenoxy) is 1. The van der Waals surface area contributed by atoms with Gasteiger partial charge in [0.25, 0.3) is 0 Å². The highest BCUT2D eigenvalue weighted by molar-refractivity contribution is 9.10. The van der Waals surface area contributed by atoms with Gasteiger partial charge in [0.1, 0.15) is 11.8 Å². The second kappa shape index (κ2) is 14.9. The molecular weight excluding hydrogens is 594 g/mol. The Morgan fingerprint density at radius 2 is 1.60 bits per heavy atom. The SMILES string of the molecule is CCOc1ccccc1N(CCCC(=O)N(Cc1ccc(Br)cc1)C(Cc1ccccc1)C(=O)NC)S(C)(=O)=O. The maximum Gasteiger partial charge on any atom is 0.242 e. The number of sulfonamides is 1. The van der Waals surface area contributed by atoms with E-state index in [9.17, 15) is 18.0 Å². The average molecular weight is 631 g/mol. The molecule has 0 spiro atoms. The second-order valence-corrected chi connectivity index (χ2v) is 12.1. The molecule has 1 atom stereocenters. The molecule has 1 N–H and O–H groups in total. The molecule has 8 nitrogen and oxygen atoms in total. The predicted molar refractivity (Wildman–Crippen MR) is 162 cm³/mol. The van der Waals surface area contributed by atoms with Crippen molar-refractivity contribution in [2.75, 3.05) is 30.8 Å². The lowest BCUT2D eigenvalue weighted by molar-refractivity contribution is -0.141. The van der Waals surface area contributed by atoms with E-state index in [0.29, 0.717) is 24.5 Å². The third-order valence-corrected chi connectivity index (χ3v) is 8.08. The molecule has 0 radical (unpaired) electrons. The quantitative estimate of drug-likeness (QED) is 0.277. The lowest BCUT2D eigenvalue weighted by atomic mass is 10.0. The van der Waals surface area contributed by atoms with Gasteiger partial charge in [-0.3, -0.25) is 13.9 Å². The number of nitrogens with zero attached hydrogens (tertiary/aromatic N) is 2. The zero-order chi connectivity index (χ0) is 29.1. The molecule has 0 saturated carbocycles. The van der Waals surface area contributed by atoms with Gasteiger partial charge in [-0.2, -0.15) is 0 Å². The summed E-state index contributed by atoms with van der Waals surface area (Å²) < 4.78 is 33.3. The van der Waals surface area contributed by atoms with E-state index in [1.807, 2.05) is 61.5 Å². The maximum atomic E-state index is 13.7. The van der Waals surface area contributed by atoms with Crippen LogP contribution >= 0.6 is 15.9 Å². The van der Waals surface area contributed by atoms with E-state index in [1.54, 1.807) is 36.2 Å². The van der Waals surface area contributed by atoms with Crippen molar-refractivity contribution in [2.24, 2.45) is 0 Å². The number of hydrogen-bond acceptors (Lipinski definition) is 5. The normalized spacial score (nSPS) is 11.9. The van der Waals surface area contributed by atoms with Gasteiger partial charge < -0.3 is 15.0 Å². The van der Waals surface area contributed by atoms with Gasteiger partial charge in [0.05, 0.1) is 18.6 Å². The standard InChI is InChI=1S/C30H36BrN3O5S/c1-4-39-28-14-9-8-13-26(28)34(40(3,37)38)20-10-15-29(35)33(22-24-16-18-25(31)19-17-24)27(30(36)32-2)21-23-11-6-5-7-12-23/h5-9,11-14,16-19,27H,4,10,15,20-22H2,1-3H3,(H,32,36). The summed E-state index contributed by atoms with van der Waals surface area (Å²) in [5, 5.41) is 2.71. The van der Waals surface area contributed by atoms with Gasteiger partial charge in [0, 0.05) is 37.5 Å². The van der Waals surface area contributed by atoms with Crippen molar-refractivity contribution < 1.29 is 22.7 Å². The molecular formula is C30H36BrN3O5S. The number of hydrogen-bond donors (Lipinski definition) is 1. The molecule has 214 valence electrons. The third kappa shape index (κ3) is 8.82. The number of anilines is 1. The van der Waals surface area contributed by atoms with Gasteiger partial charge in [-0.1, -0.05) is 70.5 Å². The Labute approximate surface area is 245 Å². The smallest absolute Gasteiger partial charge is 0.242 e. The lowest BCUT2D eigenvalue weighted by Gasteiger charge is -2.31. The molecule has 0 aliphatic carbocycles. The number of halogens is 1. The predicted octanol–water partition coefficient (Wildman–Crippen LogP) is 4.78. The first-order chi connectivity index (χ1) is 19.1. The fourth-order valence-electron chi connectivity index (χ4n) is 4.43. The molecule has 0 bridgehead atoms. The Kier molecular flexibility index (Phi) is 11.6. The van der Waals surface area contributed by atoms with Crippen molar-refractivity contribution in [2.45, 2.75) is 38.8 Å². The van der Waals surface area contributed by atoms with E-state index in [-0.39, 0.29) is 37.7 Å². The zero-order valence-corrected chi connectivity index (χ0v) is 25.4. The molecule has 0 fully saturated rings. The lowest BCUT2D eigenvalue weighted by Crippen LogP contribution is -2.49. The zero-order valence-electron chi connectivity index (χ0n) is 23.0. The van der Waals surface area contributed by atoms with Crippen LogP contribution in [0.25, 0.3) is 0 Å². The topological polar surface area (TPSA) is 96.0 Å². The van der Waals surface area contributed by atoms with Gasteiger partial charge in [-0.05, 0) is 48.7 Å². The van der Waals surface area contributed by atoms with Crippen molar-refractivity contribution in [3.63, 3.8) is 0 Å². The summed E-state index contributed by atoms with van der Waals surface area (Å²) in [4.78, 5) is 28.4. The van der Waals surface area contributed by atoms with Gasteiger partial charge in [0.2, 0.25) is 21.8 Å². The van der Waals surface area contributed by atoms with Crippen LogP contribution in [0.4, 0.5) is 5.69 Å². The number of rotatable bonds is 14. The first kappa shape index (κ1) is 31.2. The first-order valence-corrected chi connectivity index (χ1v) is 15.8. The van der Waals surface area contributed by atoms with Crippen molar-refractivity contribution in [1.29, 1.82) is 0 Å². The highest BCUT2D eigenvalue weighted by atomic mass is 79.9. The van der Waals surface area contributed by atoms with Gasteiger partial charge >= 0.3 is 0 Å². The number of carbonyl (C=O) groups is 2.